The van der Waals surface area contributed by atoms with Crippen LogP contribution in [0.1, 0.15) is 39.1 Å². The molecule has 1 N–H and O–H groups in total. The van der Waals surface area contributed by atoms with E-state index in [1.807, 2.05) is 0 Å². The van der Waals surface area contributed by atoms with Crippen LogP contribution in [0, 0.1) is 0 Å². The molecule has 1 saturated heterocycles. The number of hydrogen-bond donors (Lipinski definition) is 1. The van der Waals surface area contributed by atoms with Gasteiger partial charge in [-0.05, 0) is 27.3 Å². The van der Waals surface area contributed by atoms with Crippen LogP contribution in [-0.2, 0) is 13.1 Å². The fourth-order valence-electron chi connectivity index (χ4n) is 2.56. The Bertz CT molecular complexity index is 402. The highest BCUT2D eigenvalue weighted by molar-refractivity contribution is 5.05. The third-order valence-corrected chi connectivity index (χ3v) is 3.86. The van der Waals surface area contributed by atoms with Gasteiger partial charge in [-0.3, -0.25) is 9.80 Å². The number of rotatable bonds is 5. The average Bonchev–Trinajstić information content (AvgIpc) is 2.83. The maximum Gasteiger partial charge on any atom is 0.151 e. The van der Waals surface area contributed by atoms with E-state index in [9.17, 15) is 0 Å². The van der Waals surface area contributed by atoms with E-state index in [1.165, 1.54) is 0 Å². The summed E-state index contributed by atoms with van der Waals surface area (Å²) in [6, 6.07) is 2.07. The fraction of sp³-hybridized carbons (Fsp3) is 0.800. The average molecular weight is 280 g/mol. The number of nitrogens with one attached hydrogen (secondary N) is 1. The smallest absolute Gasteiger partial charge is 0.151 e. The number of piperazine rings is 1. The predicted octanol–water partition coefficient (Wildman–Crippen LogP) is 1.70. The van der Waals surface area contributed by atoms with Crippen molar-refractivity contribution in [2.45, 2.75) is 46.3 Å². The minimum atomic E-state index is 0.275. The molecule has 114 valence electrons. The van der Waals surface area contributed by atoms with Gasteiger partial charge in [0.15, 0.2) is 5.76 Å². The lowest BCUT2D eigenvalue weighted by Crippen LogP contribution is -2.53. The second-order valence-electron chi connectivity index (χ2n) is 6.50. The first-order valence-electron chi connectivity index (χ1n) is 7.61. The molecule has 0 aromatic carbocycles. The van der Waals surface area contributed by atoms with Gasteiger partial charge in [0, 0.05) is 44.3 Å². The van der Waals surface area contributed by atoms with Crippen molar-refractivity contribution in [1.29, 1.82) is 0 Å². The zero-order valence-electron chi connectivity index (χ0n) is 13.3. The highest BCUT2D eigenvalue weighted by atomic mass is 16.5. The SMILES string of the molecule is CCNCc1cc(CN2CCN(C(C)(C)C)CC2)on1. The van der Waals surface area contributed by atoms with Crippen molar-refractivity contribution in [3.63, 3.8) is 0 Å². The van der Waals surface area contributed by atoms with E-state index < -0.39 is 0 Å². The molecule has 1 fully saturated rings. The Kier molecular flexibility index (Phi) is 5.18. The van der Waals surface area contributed by atoms with E-state index in [1.54, 1.807) is 0 Å². The Balaban J connectivity index is 1.79. The fourth-order valence-corrected chi connectivity index (χ4v) is 2.56. The van der Waals surface area contributed by atoms with Gasteiger partial charge in [-0.1, -0.05) is 12.1 Å². The molecule has 0 aliphatic carbocycles. The molecule has 5 heteroatoms. The van der Waals surface area contributed by atoms with Gasteiger partial charge in [0.2, 0.25) is 0 Å². The van der Waals surface area contributed by atoms with Crippen LogP contribution in [0.15, 0.2) is 10.6 Å². The van der Waals surface area contributed by atoms with E-state index >= 15 is 0 Å². The molecular formula is C15H28N4O. The summed E-state index contributed by atoms with van der Waals surface area (Å²) < 4.78 is 5.41. The van der Waals surface area contributed by atoms with Crippen LogP contribution < -0.4 is 5.32 Å². The van der Waals surface area contributed by atoms with E-state index in [2.05, 4.69) is 54.0 Å². The summed E-state index contributed by atoms with van der Waals surface area (Å²) in [6.07, 6.45) is 0. The predicted molar refractivity (Wildman–Crippen MR) is 80.5 cm³/mol. The van der Waals surface area contributed by atoms with Crippen LogP contribution in [0.3, 0.4) is 0 Å². The van der Waals surface area contributed by atoms with Gasteiger partial charge in [0.05, 0.1) is 12.2 Å². The molecule has 0 bridgehead atoms. The summed E-state index contributed by atoms with van der Waals surface area (Å²) in [6.45, 7) is 16.0. The van der Waals surface area contributed by atoms with Crippen molar-refractivity contribution in [3.05, 3.63) is 17.5 Å². The Hall–Kier alpha value is -0.910. The van der Waals surface area contributed by atoms with Gasteiger partial charge in [-0.15, -0.1) is 0 Å². The molecule has 1 aliphatic heterocycles. The quantitative estimate of drug-likeness (QED) is 0.889. The Morgan fingerprint density at radius 3 is 2.55 bits per heavy atom. The molecule has 0 radical (unpaired) electrons. The normalized spacial score (nSPS) is 18.6. The third-order valence-electron chi connectivity index (χ3n) is 3.86. The lowest BCUT2D eigenvalue weighted by molar-refractivity contribution is 0.0553. The standard InChI is InChI=1S/C15H28N4O/c1-5-16-11-13-10-14(20-17-13)12-18-6-8-19(9-7-18)15(2,3)4/h10,16H,5-9,11-12H2,1-4H3. The van der Waals surface area contributed by atoms with Crippen molar-refractivity contribution in [1.82, 2.24) is 20.3 Å². The van der Waals surface area contributed by atoms with Gasteiger partial charge >= 0.3 is 0 Å². The summed E-state index contributed by atoms with van der Waals surface area (Å²) in [5, 5.41) is 7.36. The van der Waals surface area contributed by atoms with Crippen LogP contribution >= 0.6 is 0 Å². The first-order chi connectivity index (χ1) is 9.49. The maximum atomic E-state index is 5.41. The minimum Gasteiger partial charge on any atom is -0.360 e. The summed E-state index contributed by atoms with van der Waals surface area (Å²) in [4.78, 5) is 4.99. The lowest BCUT2D eigenvalue weighted by atomic mass is 10.0. The van der Waals surface area contributed by atoms with Crippen molar-refractivity contribution in [2.75, 3.05) is 32.7 Å². The topological polar surface area (TPSA) is 44.5 Å². The molecule has 2 heterocycles. The summed E-state index contributed by atoms with van der Waals surface area (Å²) in [5.41, 5.74) is 1.27. The van der Waals surface area contributed by atoms with Crippen LogP contribution in [0.2, 0.25) is 0 Å². The van der Waals surface area contributed by atoms with Crippen molar-refractivity contribution in [3.8, 4) is 0 Å². The van der Waals surface area contributed by atoms with Crippen molar-refractivity contribution >= 4 is 0 Å². The third kappa shape index (κ3) is 4.30. The minimum absolute atomic E-state index is 0.275. The van der Waals surface area contributed by atoms with Crippen LogP contribution in [0.4, 0.5) is 0 Å². The van der Waals surface area contributed by atoms with Crippen LogP contribution in [-0.4, -0.2) is 53.2 Å². The van der Waals surface area contributed by atoms with E-state index in [0.29, 0.717) is 0 Å². The highest BCUT2D eigenvalue weighted by Gasteiger charge is 2.26. The van der Waals surface area contributed by atoms with E-state index in [-0.39, 0.29) is 5.54 Å². The van der Waals surface area contributed by atoms with Crippen LogP contribution in [0.5, 0.6) is 0 Å². The molecule has 20 heavy (non-hydrogen) atoms. The van der Waals surface area contributed by atoms with Gasteiger partial charge < -0.3 is 9.84 Å². The molecular weight excluding hydrogens is 252 g/mol. The number of aromatic nitrogens is 1. The molecule has 1 aromatic heterocycles. The highest BCUT2D eigenvalue weighted by Crippen LogP contribution is 2.17. The second kappa shape index (κ2) is 6.70. The van der Waals surface area contributed by atoms with Crippen molar-refractivity contribution in [2.24, 2.45) is 0 Å². The molecule has 1 aliphatic rings. The summed E-state index contributed by atoms with van der Waals surface area (Å²) in [7, 11) is 0. The Labute approximate surface area is 122 Å². The summed E-state index contributed by atoms with van der Waals surface area (Å²) >= 11 is 0. The van der Waals surface area contributed by atoms with Gasteiger partial charge in [-0.25, -0.2) is 0 Å². The molecule has 0 unspecified atom stereocenters. The lowest BCUT2D eigenvalue weighted by Gasteiger charge is -2.42. The monoisotopic (exact) mass is 280 g/mol. The Morgan fingerprint density at radius 1 is 1.25 bits per heavy atom. The molecule has 1 aromatic rings. The second-order valence-corrected chi connectivity index (χ2v) is 6.50. The Morgan fingerprint density at radius 2 is 1.95 bits per heavy atom. The molecule has 5 nitrogen and oxygen atoms in total. The van der Waals surface area contributed by atoms with Gasteiger partial charge in [0.1, 0.15) is 0 Å². The molecule has 0 saturated carbocycles. The zero-order valence-corrected chi connectivity index (χ0v) is 13.3. The molecule has 2 rings (SSSR count). The molecule has 0 spiro atoms. The molecule has 0 amide bonds. The van der Waals surface area contributed by atoms with Crippen molar-refractivity contribution < 1.29 is 4.52 Å². The largest absolute Gasteiger partial charge is 0.360 e. The number of hydrogen-bond acceptors (Lipinski definition) is 5. The first-order valence-corrected chi connectivity index (χ1v) is 7.61. The van der Waals surface area contributed by atoms with E-state index in [4.69, 9.17) is 4.52 Å². The van der Waals surface area contributed by atoms with Gasteiger partial charge in [0.25, 0.3) is 0 Å². The first kappa shape index (κ1) is 15.5. The molecule has 0 atom stereocenters. The summed E-state index contributed by atoms with van der Waals surface area (Å²) in [5.74, 6) is 0.974. The van der Waals surface area contributed by atoms with Crippen LogP contribution in [0.25, 0.3) is 0 Å². The van der Waals surface area contributed by atoms with E-state index in [0.717, 1.165) is 57.3 Å². The zero-order chi connectivity index (χ0) is 14.6. The maximum absolute atomic E-state index is 5.41. The number of nitrogens with zero attached hydrogens (tertiary/aromatic N) is 3. The van der Waals surface area contributed by atoms with Gasteiger partial charge in [-0.2, -0.15) is 0 Å².